The maximum absolute atomic E-state index is 5.78. The van der Waals surface area contributed by atoms with Crippen molar-refractivity contribution in [3.8, 4) is 5.75 Å². The molecule has 0 radical (unpaired) electrons. The molecule has 2 rings (SSSR count). The minimum Gasteiger partial charge on any atom is -0.490 e. The van der Waals surface area contributed by atoms with E-state index in [-0.39, 0.29) is 0 Å². The van der Waals surface area contributed by atoms with Gasteiger partial charge in [-0.05, 0) is 43.4 Å². The van der Waals surface area contributed by atoms with Crippen molar-refractivity contribution < 1.29 is 9.57 Å². The molecule has 15 heavy (non-hydrogen) atoms. The van der Waals surface area contributed by atoms with Crippen molar-refractivity contribution in [3.05, 3.63) is 29.3 Å². The molecule has 0 bridgehead atoms. The van der Waals surface area contributed by atoms with Gasteiger partial charge in [0.2, 0.25) is 0 Å². The van der Waals surface area contributed by atoms with Crippen molar-refractivity contribution in [2.24, 2.45) is 5.90 Å². The molecular weight excluding hydrogens is 190 g/mol. The second-order valence-corrected chi connectivity index (χ2v) is 3.98. The predicted molar refractivity (Wildman–Crippen MR) is 58.7 cm³/mol. The van der Waals surface area contributed by atoms with Crippen molar-refractivity contribution in [2.45, 2.75) is 32.3 Å². The van der Waals surface area contributed by atoms with Crippen LogP contribution in [-0.4, -0.2) is 12.7 Å². The first kappa shape index (κ1) is 10.5. The standard InChI is InChI=1S/C12H17NO2/c1-9-5-6-11-10(7-8-14-13)3-2-4-12(11)15-9/h2-4,9H,5-8,13H2,1H3. The molecule has 0 fully saturated rings. The Morgan fingerprint density at radius 1 is 1.53 bits per heavy atom. The van der Waals surface area contributed by atoms with E-state index >= 15 is 0 Å². The second-order valence-electron chi connectivity index (χ2n) is 3.98. The molecule has 0 spiro atoms. The first-order valence-electron chi connectivity index (χ1n) is 5.40. The molecule has 1 atom stereocenters. The largest absolute Gasteiger partial charge is 0.490 e. The van der Waals surface area contributed by atoms with Crippen molar-refractivity contribution in [2.75, 3.05) is 6.61 Å². The smallest absolute Gasteiger partial charge is 0.123 e. The summed E-state index contributed by atoms with van der Waals surface area (Å²) in [6, 6.07) is 6.19. The quantitative estimate of drug-likeness (QED) is 0.769. The first-order chi connectivity index (χ1) is 7.31. The highest BCUT2D eigenvalue weighted by Gasteiger charge is 2.18. The third-order valence-corrected chi connectivity index (χ3v) is 2.85. The summed E-state index contributed by atoms with van der Waals surface area (Å²) in [6.45, 7) is 2.67. The SMILES string of the molecule is CC1CCc2c(CCON)cccc2O1. The topological polar surface area (TPSA) is 44.5 Å². The Bertz CT molecular complexity index is 338. The molecule has 3 nitrogen and oxygen atoms in total. The summed E-state index contributed by atoms with van der Waals surface area (Å²) in [4.78, 5) is 4.62. The van der Waals surface area contributed by atoms with Crippen molar-refractivity contribution in [3.63, 3.8) is 0 Å². The van der Waals surface area contributed by atoms with Gasteiger partial charge in [-0.3, -0.25) is 0 Å². The van der Waals surface area contributed by atoms with Gasteiger partial charge in [-0.2, -0.15) is 0 Å². The van der Waals surface area contributed by atoms with Crippen molar-refractivity contribution >= 4 is 0 Å². The average molecular weight is 207 g/mol. The summed E-state index contributed by atoms with van der Waals surface area (Å²) >= 11 is 0. The van der Waals surface area contributed by atoms with Gasteiger partial charge in [0.1, 0.15) is 5.75 Å². The molecule has 1 aliphatic rings. The Labute approximate surface area is 90.1 Å². The van der Waals surface area contributed by atoms with Crippen LogP contribution < -0.4 is 10.6 Å². The van der Waals surface area contributed by atoms with E-state index in [1.807, 2.05) is 12.1 Å². The van der Waals surface area contributed by atoms with Gasteiger partial charge in [0, 0.05) is 0 Å². The maximum Gasteiger partial charge on any atom is 0.123 e. The van der Waals surface area contributed by atoms with E-state index in [1.54, 1.807) is 0 Å². The fourth-order valence-corrected chi connectivity index (χ4v) is 2.03. The zero-order valence-corrected chi connectivity index (χ0v) is 9.03. The van der Waals surface area contributed by atoms with E-state index in [9.17, 15) is 0 Å². The summed E-state index contributed by atoms with van der Waals surface area (Å²) < 4.78 is 5.78. The zero-order valence-electron chi connectivity index (χ0n) is 9.03. The van der Waals surface area contributed by atoms with E-state index in [0.717, 1.165) is 25.0 Å². The Morgan fingerprint density at radius 3 is 3.20 bits per heavy atom. The van der Waals surface area contributed by atoms with Gasteiger partial charge in [-0.15, -0.1) is 0 Å². The Hall–Kier alpha value is -1.06. The van der Waals surface area contributed by atoms with Crippen molar-refractivity contribution in [1.29, 1.82) is 0 Å². The molecule has 0 aliphatic carbocycles. The number of hydrogen-bond acceptors (Lipinski definition) is 3. The third-order valence-electron chi connectivity index (χ3n) is 2.85. The molecule has 82 valence electrons. The highest BCUT2D eigenvalue weighted by molar-refractivity contribution is 5.41. The second kappa shape index (κ2) is 4.64. The lowest BCUT2D eigenvalue weighted by molar-refractivity contribution is 0.140. The summed E-state index contributed by atoms with van der Waals surface area (Å²) in [7, 11) is 0. The van der Waals surface area contributed by atoms with Crippen LogP contribution in [0.1, 0.15) is 24.5 Å². The number of benzene rings is 1. The molecule has 0 saturated heterocycles. The molecule has 0 saturated carbocycles. The van der Waals surface area contributed by atoms with Crippen LogP contribution in [-0.2, 0) is 17.7 Å². The van der Waals surface area contributed by atoms with E-state index in [4.69, 9.17) is 10.6 Å². The predicted octanol–water partition coefficient (Wildman–Crippen LogP) is 1.83. The molecular formula is C12H17NO2. The molecule has 1 aromatic carbocycles. The lowest BCUT2D eigenvalue weighted by Crippen LogP contribution is -2.20. The summed E-state index contributed by atoms with van der Waals surface area (Å²) in [6.07, 6.45) is 3.38. The number of hydrogen-bond donors (Lipinski definition) is 1. The third kappa shape index (κ3) is 2.30. The highest BCUT2D eigenvalue weighted by Crippen LogP contribution is 2.30. The first-order valence-corrected chi connectivity index (χ1v) is 5.40. The van der Waals surface area contributed by atoms with Crippen LogP contribution in [0, 0.1) is 0 Å². The lowest BCUT2D eigenvalue weighted by Gasteiger charge is -2.25. The van der Waals surface area contributed by atoms with Crippen LogP contribution in [0.4, 0.5) is 0 Å². The maximum atomic E-state index is 5.78. The fourth-order valence-electron chi connectivity index (χ4n) is 2.03. The molecule has 3 heteroatoms. The lowest BCUT2D eigenvalue weighted by atomic mass is 9.96. The van der Waals surface area contributed by atoms with Crippen LogP contribution in [0.15, 0.2) is 18.2 Å². The van der Waals surface area contributed by atoms with Gasteiger partial charge >= 0.3 is 0 Å². The monoisotopic (exact) mass is 207 g/mol. The zero-order chi connectivity index (χ0) is 10.7. The Balaban J connectivity index is 2.21. The van der Waals surface area contributed by atoms with E-state index in [0.29, 0.717) is 12.7 Å². The molecule has 2 N–H and O–H groups in total. The Morgan fingerprint density at radius 2 is 2.40 bits per heavy atom. The van der Waals surface area contributed by atoms with Crippen LogP contribution in [0.5, 0.6) is 5.75 Å². The number of rotatable bonds is 3. The molecule has 1 aromatic rings. The van der Waals surface area contributed by atoms with E-state index in [2.05, 4.69) is 17.8 Å². The van der Waals surface area contributed by atoms with Gasteiger partial charge in [0.25, 0.3) is 0 Å². The van der Waals surface area contributed by atoms with Gasteiger partial charge < -0.3 is 9.57 Å². The minimum absolute atomic E-state index is 0.332. The summed E-state index contributed by atoms with van der Waals surface area (Å²) in [5, 5.41) is 0. The number of nitrogens with two attached hydrogens (primary N) is 1. The van der Waals surface area contributed by atoms with Gasteiger partial charge in [-0.25, -0.2) is 5.90 Å². The van der Waals surface area contributed by atoms with E-state index in [1.165, 1.54) is 11.1 Å². The summed E-state index contributed by atoms with van der Waals surface area (Å²) in [5.41, 5.74) is 2.62. The molecule has 1 heterocycles. The van der Waals surface area contributed by atoms with Crippen LogP contribution in [0.2, 0.25) is 0 Å². The van der Waals surface area contributed by atoms with Gasteiger partial charge in [0.05, 0.1) is 12.7 Å². The van der Waals surface area contributed by atoms with Crippen LogP contribution in [0.25, 0.3) is 0 Å². The highest BCUT2D eigenvalue weighted by atomic mass is 16.6. The molecule has 0 aromatic heterocycles. The average Bonchev–Trinajstić information content (AvgIpc) is 2.25. The summed E-state index contributed by atoms with van der Waals surface area (Å²) in [5.74, 6) is 6.07. The van der Waals surface area contributed by atoms with Crippen molar-refractivity contribution in [1.82, 2.24) is 0 Å². The number of ether oxygens (including phenoxy) is 1. The Kier molecular flexibility index (Phi) is 3.23. The normalized spacial score (nSPS) is 19.5. The van der Waals surface area contributed by atoms with E-state index < -0.39 is 0 Å². The minimum atomic E-state index is 0.332. The molecule has 1 aliphatic heterocycles. The van der Waals surface area contributed by atoms with Gasteiger partial charge in [-0.1, -0.05) is 12.1 Å². The van der Waals surface area contributed by atoms with Gasteiger partial charge in [0.15, 0.2) is 0 Å². The van der Waals surface area contributed by atoms with Crippen LogP contribution >= 0.6 is 0 Å². The number of fused-ring (bicyclic) bond motifs is 1. The molecule has 0 amide bonds. The fraction of sp³-hybridized carbons (Fsp3) is 0.500. The molecule has 1 unspecified atom stereocenters. The van der Waals surface area contributed by atoms with Crippen LogP contribution in [0.3, 0.4) is 0 Å².